The van der Waals surface area contributed by atoms with Crippen LogP contribution in [0.15, 0.2) is 36.5 Å². The molecule has 1 aliphatic carbocycles. The van der Waals surface area contributed by atoms with Gasteiger partial charge in [0, 0.05) is 0 Å². The molecule has 1 saturated heterocycles. The maximum absolute atomic E-state index is 4.50. The maximum Gasteiger partial charge on any atom is -0.00156 e. The van der Waals surface area contributed by atoms with Gasteiger partial charge in [-0.05, 0) is 99.9 Å². The molecule has 0 radical (unpaired) electrons. The molecule has 0 aromatic rings. The molecule has 1 saturated carbocycles. The molecule has 0 atom stereocenters. The smallest absolute Gasteiger partial charge is 0.00156 e. The van der Waals surface area contributed by atoms with E-state index < -0.39 is 0 Å². The lowest BCUT2D eigenvalue weighted by Crippen LogP contribution is -2.30. The Morgan fingerprint density at radius 2 is 1.75 bits per heavy atom. The van der Waals surface area contributed by atoms with Crippen LogP contribution in [-0.4, -0.2) is 24.5 Å². The average Bonchev–Trinajstić information content (AvgIpc) is 2.61. The predicted molar refractivity (Wildman–Crippen MR) is 107 cm³/mol. The zero-order chi connectivity index (χ0) is 17.4. The van der Waals surface area contributed by atoms with Gasteiger partial charge in [-0.3, -0.25) is 0 Å². The van der Waals surface area contributed by atoms with Crippen molar-refractivity contribution in [3.8, 4) is 0 Å². The van der Waals surface area contributed by atoms with E-state index in [0.29, 0.717) is 5.92 Å². The average molecular weight is 330 g/mol. The van der Waals surface area contributed by atoms with Crippen molar-refractivity contribution in [2.24, 2.45) is 17.8 Å². The van der Waals surface area contributed by atoms with Crippen molar-refractivity contribution in [2.75, 3.05) is 19.6 Å². The van der Waals surface area contributed by atoms with Crippen molar-refractivity contribution in [2.45, 2.75) is 71.6 Å². The van der Waals surface area contributed by atoms with Gasteiger partial charge in [0.2, 0.25) is 0 Å². The van der Waals surface area contributed by atoms with Gasteiger partial charge >= 0.3 is 0 Å². The third-order valence-corrected chi connectivity index (χ3v) is 6.31. The number of hydrogen-bond donors (Lipinski definition) is 0. The molecule has 136 valence electrons. The highest BCUT2D eigenvalue weighted by atomic mass is 15.1. The van der Waals surface area contributed by atoms with E-state index in [2.05, 4.69) is 38.0 Å². The van der Waals surface area contributed by atoms with Gasteiger partial charge in [-0.2, -0.15) is 0 Å². The van der Waals surface area contributed by atoms with Gasteiger partial charge in [0.25, 0.3) is 0 Å². The highest BCUT2D eigenvalue weighted by Gasteiger charge is 2.25. The predicted octanol–water partition coefficient (Wildman–Crippen LogP) is 6.38. The molecule has 1 heteroatoms. The Morgan fingerprint density at radius 1 is 1.08 bits per heavy atom. The normalized spacial score (nSPS) is 26.5. The molecule has 0 aromatic carbocycles. The van der Waals surface area contributed by atoms with Crippen molar-refractivity contribution in [1.29, 1.82) is 0 Å². The Labute approximate surface area is 150 Å². The lowest BCUT2D eigenvalue weighted by Gasteiger charge is -2.33. The standard InChI is InChI=1S/C23H39N/c1-5-10-22(11-9-18-24-16-7-6-8-17-24)20(4)23-14-12-21(13-15-23)19(2)3/h5,10,19,21,23H,1,4,6-9,11-18H2,2-3H3/b22-10-. The molecule has 1 aliphatic heterocycles. The summed E-state index contributed by atoms with van der Waals surface area (Å²) in [5, 5.41) is 0. The summed E-state index contributed by atoms with van der Waals surface area (Å²) in [5.41, 5.74) is 2.88. The van der Waals surface area contributed by atoms with Crippen LogP contribution in [0.25, 0.3) is 0 Å². The van der Waals surface area contributed by atoms with E-state index in [9.17, 15) is 0 Å². The van der Waals surface area contributed by atoms with Gasteiger partial charge in [0.05, 0.1) is 0 Å². The summed E-state index contributed by atoms with van der Waals surface area (Å²) in [6.45, 7) is 17.1. The lowest BCUT2D eigenvalue weighted by atomic mass is 9.73. The quantitative estimate of drug-likeness (QED) is 0.467. The second kappa shape index (κ2) is 10.2. The van der Waals surface area contributed by atoms with E-state index in [1.165, 1.54) is 88.6 Å². The van der Waals surface area contributed by atoms with Gasteiger partial charge < -0.3 is 4.90 Å². The summed E-state index contributed by atoms with van der Waals surface area (Å²) in [6, 6.07) is 0. The van der Waals surface area contributed by atoms with Crippen molar-refractivity contribution >= 4 is 0 Å². The fourth-order valence-electron chi connectivity index (χ4n) is 4.57. The van der Waals surface area contributed by atoms with Crippen LogP contribution in [0.4, 0.5) is 0 Å². The fourth-order valence-corrected chi connectivity index (χ4v) is 4.57. The third kappa shape index (κ3) is 5.92. The number of rotatable bonds is 8. The monoisotopic (exact) mass is 329 g/mol. The second-order valence-electron chi connectivity index (χ2n) is 8.31. The molecule has 2 aliphatic rings. The van der Waals surface area contributed by atoms with Gasteiger partial charge in [0.15, 0.2) is 0 Å². The van der Waals surface area contributed by atoms with Gasteiger partial charge in [-0.25, -0.2) is 0 Å². The van der Waals surface area contributed by atoms with Gasteiger partial charge in [-0.1, -0.05) is 45.6 Å². The minimum atomic E-state index is 0.709. The van der Waals surface area contributed by atoms with Crippen LogP contribution in [0.2, 0.25) is 0 Å². The Kier molecular flexibility index (Phi) is 8.32. The van der Waals surface area contributed by atoms with Crippen LogP contribution in [0.1, 0.15) is 71.6 Å². The molecule has 0 unspecified atom stereocenters. The van der Waals surface area contributed by atoms with Crippen LogP contribution in [0, 0.1) is 17.8 Å². The van der Waals surface area contributed by atoms with E-state index in [1.807, 2.05) is 6.08 Å². The first kappa shape index (κ1) is 19.5. The molecular formula is C23H39N. The SMILES string of the molecule is C=C/C=C(/CCCN1CCCCC1)C(=C)C1CCC(C(C)C)CC1. The summed E-state index contributed by atoms with van der Waals surface area (Å²) in [7, 11) is 0. The molecule has 1 nitrogen and oxygen atoms in total. The van der Waals surface area contributed by atoms with Crippen LogP contribution < -0.4 is 0 Å². The summed E-state index contributed by atoms with van der Waals surface area (Å²) in [4.78, 5) is 2.64. The van der Waals surface area contributed by atoms with Gasteiger partial charge in [-0.15, -0.1) is 0 Å². The number of piperidine rings is 1. The number of allylic oxidation sites excluding steroid dienone is 4. The van der Waals surface area contributed by atoms with Gasteiger partial charge in [0.1, 0.15) is 0 Å². The first-order chi connectivity index (χ1) is 11.6. The zero-order valence-corrected chi connectivity index (χ0v) is 16.2. The molecule has 0 spiro atoms. The maximum atomic E-state index is 4.50. The third-order valence-electron chi connectivity index (χ3n) is 6.31. The van der Waals surface area contributed by atoms with E-state index in [0.717, 1.165) is 11.8 Å². The minimum absolute atomic E-state index is 0.709. The second-order valence-corrected chi connectivity index (χ2v) is 8.31. The summed E-state index contributed by atoms with van der Waals surface area (Å²) < 4.78 is 0. The molecule has 0 bridgehead atoms. The molecular weight excluding hydrogens is 290 g/mol. The molecule has 0 N–H and O–H groups in total. The minimum Gasteiger partial charge on any atom is -0.303 e. The molecule has 24 heavy (non-hydrogen) atoms. The number of nitrogens with zero attached hydrogens (tertiary/aromatic N) is 1. The highest BCUT2D eigenvalue weighted by Crippen LogP contribution is 2.38. The Morgan fingerprint density at radius 3 is 2.33 bits per heavy atom. The molecule has 2 rings (SSSR count). The summed E-state index contributed by atoms with van der Waals surface area (Å²) in [5.74, 6) is 2.48. The van der Waals surface area contributed by atoms with Crippen molar-refractivity contribution in [3.05, 3.63) is 36.5 Å². The van der Waals surface area contributed by atoms with Crippen molar-refractivity contribution in [3.63, 3.8) is 0 Å². The van der Waals surface area contributed by atoms with E-state index in [1.54, 1.807) is 0 Å². The van der Waals surface area contributed by atoms with Crippen LogP contribution in [0.5, 0.6) is 0 Å². The van der Waals surface area contributed by atoms with E-state index in [4.69, 9.17) is 0 Å². The first-order valence-corrected chi connectivity index (χ1v) is 10.3. The highest BCUT2D eigenvalue weighted by molar-refractivity contribution is 5.33. The largest absolute Gasteiger partial charge is 0.303 e. The van der Waals surface area contributed by atoms with Crippen molar-refractivity contribution in [1.82, 2.24) is 4.90 Å². The topological polar surface area (TPSA) is 3.24 Å². The Balaban J connectivity index is 1.80. The van der Waals surface area contributed by atoms with Crippen molar-refractivity contribution < 1.29 is 0 Å². The first-order valence-electron chi connectivity index (χ1n) is 10.3. The lowest BCUT2D eigenvalue weighted by molar-refractivity contribution is 0.226. The Hall–Kier alpha value is -0.820. The van der Waals surface area contributed by atoms with E-state index in [-0.39, 0.29) is 0 Å². The number of hydrogen-bond acceptors (Lipinski definition) is 1. The number of likely N-dealkylation sites (tertiary alicyclic amines) is 1. The zero-order valence-electron chi connectivity index (χ0n) is 16.2. The Bertz CT molecular complexity index is 417. The molecule has 1 heterocycles. The van der Waals surface area contributed by atoms with E-state index >= 15 is 0 Å². The van der Waals surface area contributed by atoms with Crippen LogP contribution in [-0.2, 0) is 0 Å². The van der Waals surface area contributed by atoms with Crippen LogP contribution >= 0.6 is 0 Å². The molecule has 0 aromatic heterocycles. The summed E-state index contributed by atoms with van der Waals surface area (Å²) in [6.07, 6.45) is 16.3. The van der Waals surface area contributed by atoms with Crippen LogP contribution in [0.3, 0.4) is 0 Å². The fraction of sp³-hybridized carbons (Fsp3) is 0.739. The summed E-state index contributed by atoms with van der Waals surface area (Å²) >= 11 is 0. The molecule has 0 amide bonds. The molecule has 2 fully saturated rings.